The van der Waals surface area contributed by atoms with Gasteiger partial charge in [-0.2, -0.15) is 0 Å². The van der Waals surface area contributed by atoms with Crippen molar-refractivity contribution in [1.29, 1.82) is 0 Å². The molecule has 0 unspecified atom stereocenters. The Balaban J connectivity index is 2.01. The van der Waals surface area contributed by atoms with E-state index in [-0.39, 0.29) is 11.6 Å². The van der Waals surface area contributed by atoms with E-state index in [1.54, 1.807) is 30.3 Å². The van der Waals surface area contributed by atoms with Crippen molar-refractivity contribution in [2.75, 3.05) is 10.6 Å². The number of aromatic hydroxyl groups is 1. The fourth-order valence-corrected chi connectivity index (χ4v) is 1.42. The monoisotopic (exact) mass is 263 g/mol. The summed E-state index contributed by atoms with van der Waals surface area (Å²) < 4.78 is 0. The molecule has 92 valence electrons. The first kappa shape index (κ1) is 12.2. The fourth-order valence-electron chi connectivity index (χ4n) is 1.30. The van der Waals surface area contributed by atoms with Crippen molar-refractivity contribution in [3.05, 3.63) is 47.6 Å². The maximum absolute atomic E-state index is 11.6. The Morgan fingerprint density at radius 3 is 2.56 bits per heavy atom. The van der Waals surface area contributed by atoms with E-state index in [0.717, 1.165) is 0 Å². The molecule has 0 saturated heterocycles. The molecule has 0 spiro atoms. The number of amides is 2. The normalized spacial score (nSPS) is 9.83. The molecule has 6 heteroatoms. The molecule has 0 aliphatic carbocycles. The Labute approximate surface area is 108 Å². The van der Waals surface area contributed by atoms with Gasteiger partial charge in [-0.3, -0.25) is 5.32 Å². The highest BCUT2D eigenvalue weighted by Gasteiger charge is 2.06. The van der Waals surface area contributed by atoms with Gasteiger partial charge in [0, 0.05) is 16.9 Å². The number of nitrogens with zero attached hydrogens (tertiary/aromatic N) is 1. The highest BCUT2D eigenvalue weighted by Crippen LogP contribution is 2.19. The molecular formula is C12H10ClN3O2. The minimum atomic E-state index is -0.494. The topological polar surface area (TPSA) is 74.2 Å². The number of pyridine rings is 1. The minimum absolute atomic E-state index is 0.0937. The van der Waals surface area contributed by atoms with E-state index in [9.17, 15) is 9.90 Å². The zero-order valence-corrected chi connectivity index (χ0v) is 9.98. The summed E-state index contributed by atoms with van der Waals surface area (Å²) in [6, 6.07) is 9.17. The molecule has 0 saturated carbocycles. The summed E-state index contributed by atoms with van der Waals surface area (Å²) in [5.74, 6) is 0.00715. The van der Waals surface area contributed by atoms with Crippen LogP contribution >= 0.6 is 11.6 Å². The summed E-state index contributed by atoms with van der Waals surface area (Å²) in [6.07, 6.45) is 1.47. The lowest BCUT2D eigenvalue weighted by atomic mass is 10.3. The van der Waals surface area contributed by atoms with Gasteiger partial charge in [-0.15, -0.1) is 0 Å². The molecule has 2 rings (SSSR count). The fraction of sp³-hybridized carbons (Fsp3) is 0. The number of aromatic nitrogens is 1. The molecular weight excluding hydrogens is 254 g/mol. The summed E-state index contributed by atoms with van der Waals surface area (Å²) >= 11 is 5.73. The highest BCUT2D eigenvalue weighted by atomic mass is 35.5. The van der Waals surface area contributed by atoms with Crippen molar-refractivity contribution >= 4 is 29.1 Å². The van der Waals surface area contributed by atoms with Crippen LogP contribution in [-0.2, 0) is 0 Å². The zero-order valence-electron chi connectivity index (χ0n) is 9.22. The number of hydrogen-bond acceptors (Lipinski definition) is 3. The Kier molecular flexibility index (Phi) is 3.64. The van der Waals surface area contributed by atoms with Crippen LogP contribution < -0.4 is 10.6 Å². The van der Waals surface area contributed by atoms with E-state index in [0.29, 0.717) is 10.7 Å². The van der Waals surface area contributed by atoms with Crippen molar-refractivity contribution in [1.82, 2.24) is 4.98 Å². The largest absolute Gasteiger partial charge is 0.504 e. The zero-order chi connectivity index (χ0) is 13.0. The minimum Gasteiger partial charge on any atom is -0.504 e. The lowest BCUT2D eigenvalue weighted by molar-refractivity contribution is 0.262. The maximum atomic E-state index is 11.6. The van der Waals surface area contributed by atoms with Crippen LogP contribution in [0.4, 0.5) is 16.3 Å². The number of halogens is 1. The number of nitrogens with one attached hydrogen (secondary N) is 2. The maximum Gasteiger partial charge on any atom is 0.324 e. The molecule has 5 nitrogen and oxygen atoms in total. The molecule has 0 aliphatic heterocycles. The second kappa shape index (κ2) is 5.37. The average molecular weight is 264 g/mol. The van der Waals surface area contributed by atoms with Gasteiger partial charge in [-0.05, 0) is 36.4 Å². The quantitative estimate of drug-likeness (QED) is 0.779. The molecule has 0 atom stereocenters. The van der Waals surface area contributed by atoms with Gasteiger partial charge < -0.3 is 10.4 Å². The van der Waals surface area contributed by atoms with Crippen molar-refractivity contribution in [2.45, 2.75) is 0 Å². The first-order valence-electron chi connectivity index (χ1n) is 5.13. The number of carbonyl (C=O) groups is 1. The number of benzene rings is 1. The summed E-state index contributed by atoms with van der Waals surface area (Å²) in [5.41, 5.74) is 0.590. The SMILES string of the molecule is O=C(Nc1ccc(Cl)cc1)Nc1ncccc1O. The molecule has 0 radical (unpaired) electrons. The molecule has 1 heterocycles. The van der Waals surface area contributed by atoms with Crippen LogP contribution in [0.5, 0.6) is 5.75 Å². The van der Waals surface area contributed by atoms with Gasteiger partial charge in [0.1, 0.15) is 0 Å². The van der Waals surface area contributed by atoms with Crippen LogP contribution in [0.2, 0.25) is 5.02 Å². The van der Waals surface area contributed by atoms with Crippen molar-refractivity contribution in [2.24, 2.45) is 0 Å². The van der Waals surface area contributed by atoms with Crippen LogP contribution in [-0.4, -0.2) is 16.1 Å². The standard InChI is InChI=1S/C12H10ClN3O2/c13-8-3-5-9(6-4-8)15-12(18)16-11-10(17)2-1-7-14-11/h1-7,17H,(H2,14,15,16,18). The molecule has 1 aromatic heterocycles. The van der Waals surface area contributed by atoms with E-state index in [4.69, 9.17) is 11.6 Å². The number of rotatable bonds is 2. The van der Waals surface area contributed by atoms with Gasteiger partial charge in [0.15, 0.2) is 11.6 Å². The Morgan fingerprint density at radius 1 is 1.17 bits per heavy atom. The van der Waals surface area contributed by atoms with E-state index in [1.807, 2.05) is 0 Å². The number of hydrogen-bond donors (Lipinski definition) is 3. The van der Waals surface area contributed by atoms with Crippen LogP contribution in [0.1, 0.15) is 0 Å². The van der Waals surface area contributed by atoms with Crippen LogP contribution in [0.15, 0.2) is 42.6 Å². The summed E-state index contributed by atoms with van der Waals surface area (Å²) in [6.45, 7) is 0. The van der Waals surface area contributed by atoms with Crippen LogP contribution in [0, 0.1) is 0 Å². The van der Waals surface area contributed by atoms with Crippen LogP contribution in [0.25, 0.3) is 0 Å². The van der Waals surface area contributed by atoms with Gasteiger partial charge in [-0.1, -0.05) is 11.6 Å². The second-order valence-corrected chi connectivity index (χ2v) is 3.89. The molecule has 0 fully saturated rings. The van der Waals surface area contributed by atoms with Gasteiger partial charge in [0.25, 0.3) is 0 Å². The van der Waals surface area contributed by atoms with Gasteiger partial charge in [0.05, 0.1) is 0 Å². The smallest absolute Gasteiger partial charge is 0.324 e. The molecule has 0 bridgehead atoms. The highest BCUT2D eigenvalue weighted by molar-refractivity contribution is 6.30. The predicted octanol–water partition coefficient (Wildman–Crippen LogP) is 3.08. The lowest BCUT2D eigenvalue weighted by Crippen LogP contribution is -2.20. The number of urea groups is 1. The summed E-state index contributed by atoms with van der Waals surface area (Å²) in [5, 5.41) is 15.0. The van der Waals surface area contributed by atoms with Crippen molar-refractivity contribution in [3.8, 4) is 5.75 Å². The third-order valence-electron chi connectivity index (χ3n) is 2.12. The molecule has 2 aromatic rings. The summed E-state index contributed by atoms with van der Waals surface area (Å²) in [4.78, 5) is 15.4. The Morgan fingerprint density at radius 2 is 1.89 bits per heavy atom. The third-order valence-corrected chi connectivity index (χ3v) is 2.37. The molecule has 3 N–H and O–H groups in total. The number of anilines is 2. The first-order chi connectivity index (χ1) is 8.65. The van der Waals surface area contributed by atoms with Gasteiger partial charge in [-0.25, -0.2) is 9.78 Å². The van der Waals surface area contributed by atoms with E-state index in [2.05, 4.69) is 15.6 Å². The first-order valence-corrected chi connectivity index (χ1v) is 5.50. The lowest BCUT2D eigenvalue weighted by Gasteiger charge is -2.07. The number of carbonyl (C=O) groups excluding carboxylic acids is 1. The second-order valence-electron chi connectivity index (χ2n) is 3.46. The van der Waals surface area contributed by atoms with Crippen molar-refractivity contribution < 1.29 is 9.90 Å². The molecule has 1 aromatic carbocycles. The van der Waals surface area contributed by atoms with Crippen molar-refractivity contribution in [3.63, 3.8) is 0 Å². The Hall–Kier alpha value is -2.27. The Bertz CT molecular complexity index is 558. The van der Waals surface area contributed by atoms with E-state index < -0.39 is 6.03 Å². The van der Waals surface area contributed by atoms with E-state index in [1.165, 1.54) is 12.3 Å². The third kappa shape index (κ3) is 3.11. The molecule has 0 aliphatic rings. The van der Waals surface area contributed by atoms with E-state index >= 15 is 0 Å². The molecule has 18 heavy (non-hydrogen) atoms. The predicted molar refractivity (Wildman–Crippen MR) is 70.0 cm³/mol. The van der Waals surface area contributed by atoms with Crippen LogP contribution in [0.3, 0.4) is 0 Å². The average Bonchev–Trinajstić information content (AvgIpc) is 2.35. The summed E-state index contributed by atoms with van der Waals surface area (Å²) in [7, 11) is 0. The van der Waals surface area contributed by atoms with Gasteiger partial charge in [0.2, 0.25) is 0 Å². The molecule has 2 amide bonds. The van der Waals surface area contributed by atoms with Gasteiger partial charge >= 0.3 is 6.03 Å².